The summed E-state index contributed by atoms with van der Waals surface area (Å²) in [5.74, 6) is 0. The number of hydrogen-bond acceptors (Lipinski definition) is 3. The molecule has 3 nitrogen and oxygen atoms in total. The molecule has 0 heterocycles. The van der Waals surface area contributed by atoms with Gasteiger partial charge in [0.25, 0.3) is 0 Å². The Morgan fingerprint density at radius 2 is 1.88 bits per heavy atom. The SMILES string of the molecule is CCCC(C)N(C)C(CNC(C)(C)C)COC. The van der Waals surface area contributed by atoms with E-state index in [0.29, 0.717) is 12.1 Å². The molecule has 0 aliphatic carbocycles. The molecule has 0 fully saturated rings. The van der Waals surface area contributed by atoms with Crippen LogP contribution in [-0.4, -0.2) is 49.8 Å². The second kappa shape index (κ2) is 8.06. The van der Waals surface area contributed by atoms with Gasteiger partial charge in [-0.1, -0.05) is 13.3 Å². The van der Waals surface area contributed by atoms with Crippen LogP contribution in [0.1, 0.15) is 47.5 Å². The summed E-state index contributed by atoms with van der Waals surface area (Å²) in [7, 11) is 3.98. The van der Waals surface area contributed by atoms with Crippen LogP contribution >= 0.6 is 0 Å². The van der Waals surface area contributed by atoms with Crippen LogP contribution in [0.2, 0.25) is 0 Å². The molecule has 104 valence electrons. The summed E-state index contributed by atoms with van der Waals surface area (Å²) in [6.45, 7) is 12.9. The van der Waals surface area contributed by atoms with E-state index in [1.165, 1.54) is 12.8 Å². The molecule has 2 atom stereocenters. The fourth-order valence-corrected chi connectivity index (χ4v) is 1.92. The maximum absolute atomic E-state index is 5.34. The van der Waals surface area contributed by atoms with Gasteiger partial charge >= 0.3 is 0 Å². The number of likely N-dealkylation sites (N-methyl/N-ethyl adjacent to an activating group) is 1. The highest BCUT2D eigenvalue weighted by atomic mass is 16.5. The van der Waals surface area contributed by atoms with Crippen LogP contribution in [0.25, 0.3) is 0 Å². The molecule has 0 aromatic rings. The van der Waals surface area contributed by atoms with Gasteiger partial charge in [0.05, 0.1) is 6.61 Å². The number of rotatable bonds is 8. The van der Waals surface area contributed by atoms with Crippen LogP contribution < -0.4 is 5.32 Å². The number of nitrogens with zero attached hydrogens (tertiary/aromatic N) is 1. The van der Waals surface area contributed by atoms with Crippen molar-refractivity contribution in [3.8, 4) is 0 Å². The van der Waals surface area contributed by atoms with Crippen LogP contribution in [0, 0.1) is 0 Å². The number of ether oxygens (including phenoxy) is 1. The maximum atomic E-state index is 5.34. The fourth-order valence-electron chi connectivity index (χ4n) is 1.92. The Kier molecular flexibility index (Phi) is 8.01. The van der Waals surface area contributed by atoms with Crippen LogP contribution in [0.3, 0.4) is 0 Å². The van der Waals surface area contributed by atoms with Gasteiger partial charge in [0.2, 0.25) is 0 Å². The molecule has 0 radical (unpaired) electrons. The van der Waals surface area contributed by atoms with Crippen LogP contribution in [-0.2, 0) is 4.74 Å². The third-order valence-electron chi connectivity index (χ3n) is 3.20. The van der Waals surface area contributed by atoms with Gasteiger partial charge in [0, 0.05) is 31.3 Å². The van der Waals surface area contributed by atoms with Gasteiger partial charge in [-0.2, -0.15) is 0 Å². The molecule has 0 saturated heterocycles. The molecule has 0 amide bonds. The van der Waals surface area contributed by atoms with Crippen LogP contribution in [0.15, 0.2) is 0 Å². The minimum absolute atomic E-state index is 0.167. The Morgan fingerprint density at radius 1 is 1.29 bits per heavy atom. The zero-order valence-electron chi connectivity index (χ0n) is 12.8. The largest absolute Gasteiger partial charge is 0.383 e. The maximum Gasteiger partial charge on any atom is 0.0630 e. The normalized spacial score (nSPS) is 16.2. The molecule has 0 spiro atoms. The number of nitrogens with one attached hydrogen (secondary N) is 1. The molecule has 3 heteroatoms. The summed E-state index contributed by atoms with van der Waals surface area (Å²) >= 11 is 0. The predicted molar refractivity (Wildman–Crippen MR) is 75.6 cm³/mol. The van der Waals surface area contributed by atoms with Gasteiger partial charge in [-0.15, -0.1) is 0 Å². The first kappa shape index (κ1) is 16.9. The predicted octanol–water partition coefficient (Wildman–Crippen LogP) is 2.51. The van der Waals surface area contributed by atoms with Crippen LogP contribution in [0.5, 0.6) is 0 Å². The van der Waals surface area contributed by atoms with Crippen molar-refractivity contribution >= 4 is 0 Å². The van der Waals surface area contributed by atoms with Crippen molar-refractivity contribution in [3.05, 3.63) is 0 Å². The molecular weight excluding hydrogens is 212 g/mol. The molecule has 0 bridgehead atoms. The Morgan fingerprint density at radius 3 is 2.29 bits per heavy atom. The number of methoxy groups -OCH3 is 1. The van der Waals surface area contributed by atoms with E-state index in [1.807, 2.05) is 0 Å². The van der Waals surface area contributed by atoms with Crippen molar-refractivity contribution in [1.82, 2.24) is 10.2 Å². The zero-order valence-corrected chi connectivity index (χ0v) is 12.8. The summed E-state index contributed by atoms with van der Waals surface area (Å²) in [5.41, 5.74) is 0.167. The first-order chi connectivity index (χ1) is 7.81. The second-order valence-electron chi connectivity index (χ2n) is 6.04. The minimum Gasteiger partial charge on any atom is -0.383 e. The van der Waals surface area contributed by atoms with Gasteiger partial charge in [0.15, 0.2) is 0 Å². The first-order valence-electron chi connectivity index (χ1n) is 6.77. The van der Waals surface area contributed by atoms with Gasteiger partial charge in [-0.25, -0.2) is 0 Å². The molecule has 0 aliphatic rings. The highest BCUT2D eigenvalue weighted by molar-refractivity contribution is 4.80. The Hall–Kier alpha value is -0.120. The topological polar surface area (TPSA) is 24.5 Å². The molecule has 0 aromatic carbocycles. The molecule has 2 unspecified atom stereocenters. The van der Waals surface area contributed by atoms with E-state index in [0.717, 1.165) is 13.2 Å². The summed E-state index contributed by atoms with van der Waals surface area (Å²) in [6, 6.07) is 1.06. The Bertz CT molecular complexity index is 189. The van der Waals surface area contributed by atoms with Crippen molar-refractivity contribution in [2.45, 2.75) is 65.1 Å². The van der Waals surface area contributed by atoms with E-state index < -0.39 is 0 Å². The highest BCUT2D eigenvalue weighted by Crippen LogP contribution is 2.09. The van der Waals surface area contributed by atoms with Crippen LogP contribution in [0.4, 0.5) is 0 Å². The monoisotopic (exact) mass is 244 g/mol. The highest BCUT2D eigenvalue weighted by Gasteiger charge is 2.21. The second-order valence-corrected chi connectivity index (χ2v) is 6.04. The Labute approximate surface area is 108 Å². The lowest BCUT2D eigenvalue weighted by atomic mass is 10.1. The molecule has 0 aromatic heterocycles. The molecule has 0 rings (SSSR count). The van der Waals surface area contributed by atoms with E-state index in [-0.39, 0.29) is 5.54 Å². The average Bonchev–Trinajstić information content (AvgIpc) is 2.22. The molecule has 0 saturated carbocycles. The Balaban J connectivity index is 4.29. The van der Waals surface area contributed by atoms with Crippen molar-refractivity contribution in [1.29, 1.82) is 0 Å². The van der Waals surface area contributed by atoms with Gasteiger partial charge < -0.3 is 10.1 Å². The standard InChI is InChI=1S/C14H32N2O/c1-8-9-12(2)16(6)13(11-17-7)10-15-14(3,4)5/h12-13,15H,8-11H2,1-7H3. The molecular formula is C14H32N2O. The van der Waals surface area contributed by atoms with Gasteiger partial charge in [-0.05, 0) is 41.2 Å². The van der Waals surface area contributed by atoms with Gasteiger partial charge in [-0.3, -0.25) is 4.90 Å². The van der Waals surface area contributed by atoms with E-state index >= 15 is 0 Å². The van der Waals surface area contributed by atoms with Crippen molar-refractivity contribution < 1.29 is 4.74 Å². The number of hydrogen-bond donors (Lipinski definition) is 1. The van der Waals surface area contributed by atoms with Gasteiger partial charge in [0.1, 0.15) is 0 Å². The smallest absolute Gasteiger partial charge is 0.0630 e. The van der Waals surface area contributed by atoms with E-state index in [4.69, 9.17) is 4.74 Å². The molecule has 17 heavy (non-hydrogen) atoms. The molecule has 1 N–H and O–H groups in total. The van der Waals surface area contributed by atoms with Crippen molar-refractivity contribution in [2.24, 2.45) is 0 Å². The minimum atomic E-state index is 0.167. The van der Waals surface area contributed by atoms with E-state index in [1.54, 1.807) is 7.11 Å². The fraction of sp³-hybridized carbons (Fsp3) is 1.00. The lowest BCUT2D eigenvalue weighted by Crippen LogP contribution is -2.50. The lowest BCUT2D eigenvalue weighted by molar-refractivity contribution is 0.0774. The quantitative estimate of drug-likeness (QED) is 0.710. The third-order valence-corrected chi connectivity index (χ3v) is 3.20. The van der Waals surface area contributed by atoms with E-state index in [2.05, 4.69) is 51.9 Å². The zero-order chi connectivity index (χ0) is 13.5. The van der Waals surface area contributed by atoms with Crippen molar-refractivity contribution in [2.75, 3.05) is 27.3 Å². The first-order valence-corrected chi connectivity index (χ1v) is 6.77. The third kappa shape index (κ3) is 7.74. The lowest BCUT2D eigenvalue weighted by Gasteiger charge is -2.35. The summed E-state index contributed by atoms with van der Waals surface area (Å²) in [6.07, 6.45) is 2.48. The van der Waals surface area contributed by atoms with E-state index in [9.17, 15) is 0 Å². The average molecular weight is 244 g/mol. The summed E-state index contributed by atoms with van der Waals surface area (Å²) in [4.78, 5) is 2.44. The summed E-state index contributed by atoms with van der Waals surface area (Å²) < 4.78 is 5.34. The molecule has 0 aliphatic heterocycles. The van der Waals surface area contributed by atoms with Crippen molar-refractivity contribution in [3.63, 3.8) is 0 Å². The summed E-state index contributed by atoms with van der Waals surface area (Å²) in [5, 5.41) is 3.56.